The van der Waals surface area contributed by atoms with Crippen LogP contribution in [0.3, 0.4) is 0 Å². The van der Waals surface area contributed by atoms with Crippen LogP contribution in [-0.2, 0) is 8.85 Å². The summed E-state index contributed by atoms with van der Waals surface area (Å²) in [5.41, 5.74) is 2.26. The predicted molar refractivity (Wildman–Crippen MR) is 76.7 cm³/mol. The summed E-state index contributed by atoms with van der Waals surface area (Å²) in [6, 6.07) is 0. The van der Waals surface area contributed by atoms with Gasteiger partial charge in [0.05, 0.1) is 0 Å². The molecule has 18 heavy (non-hydrogen) atoms. The van der Waals surface area contributed by atoms with Crippen molar-refractivity contribution in [1.82, 2.24) is 4.90 Å². The quantitative estimate of drug-likeness (QED) is 0.715. The maximum Gasteiger partial charge on any atom is 0.351 e. The molecule has 2 rings (SSSR count). The molecule has 0 heterocycles. The van der Waals surface area contributed by atoms with Gasteiger partial charge in [0.1, 0.15) is 0 Å². The summed E-state index contributed by atoms with van der Waals surface area (Å²) < 4.78 is 12.0. The van der Waals surface area contributed by atoms with Gasteiger partial charge in [-0.2, -0.15) is 0 Å². The minimum absolute atomic E-state index is 0.355. The van der Waals surface area contributed by atoms with Gasteiger partial charge in [0.2, 0.25) is 0 Å². The van der Waals surface area contributed by atoms with Crippen LogP contribution in [0.2, 0.25) is 11.1 Å². The topological polar surface area (TPSA) is 21.7 Å². The molecule has 2 aliphatic carbocycles. The second kappa shape index (κ2) is 5.59. The van der Waals surface area contributed by atoms with Gasteiger partial charge in [-0.1, -0.05) is 25.0 Å². The average molecular weight is 267 g/mol. The molecule has 1 unspecified atom stereocenters. The van der Waals surface area contributed by atoms with Crippen LogP contribution in [0.5, 0.6) is 0 Å². The second-order valence-corrected chi connectivity index (χ2v) is 9.22. The molecule has 0 spiro atoms. The van der Waals surface area contributed by atoms with Crippen molar-refractivity contribution < 1.29 is 8.85 Å². The summed E-state index contributed by atoms with van der Waals surface area (Å²) in [5, 5.41) is 0. The number of hydrogen-bond donors (Lipinski definition) is 0. The van der Waals surface area contributed by atoms with E-state index in [1.807, 2.05) is 14.2 Å². The first-order valence-corrected chi connectivity index (χ1v) is 8.79. The van der Waals surface area contributed by atoms with Crippen LogP contribution in [0.15, 0.2) is 23.9 Å². The van der Waals surface area contributed by atoms with Crippen molar-refractivity contribution in [3.8, 4) is 0 Å². The number of likely N-dealkylation sites (N-methyl/N-ethyl adjacent to an activating group) is 1. The maximum atomic E-state index is 5.99. The Labute approximate surface area is 112 Å². The first-order valence-electron chi connectivity index (χ1n) is 6.81. The van der Waals surface area contributed by atoms with Crippen molar-refractivity contribution >= 4 is 8.56 Å². The average Bonchev–Trinajstić information content (AvgIpc) is 3.02. The fourth-order valence-electron chi connectivity index (χ4n) is 3.33. The van der Waals surface area contributed by atoms with E-state index in [1.54, 1.807) is 0 Å². The van der Waals surface area contributed by atoms with Crippen LogP contribution in [0, 0.1) is 0 Å². The molecule has 2 aliphatic rings. The largest absolute Gasteiger partial charge is 0.397 e. The van der Waals surface area contributed by atoms with E-state index in [-0.39, 0.29) is 0 Å². The lowest BCUT2D eigenvalue weighted by Gasteiger charge is -2.36. The van der Waals surface area contributed by atoms with Crippen molar-refractivity contribution in [2.24, 2.45) is 0 Å². The van der Waals surface area contributed by atoms with Gasteiger partial charge < -0.3 is 13.8 Å². The van der Waals surface area contributed by atoms with Gasteiger partial charge in [0, 0.05) is 45.1 Å². The highest BCUT2D eigenvalue weighted by Crippen LogP contribution is 2.47. The lowest BCUT2D eigenvalue weighted by atomic mass is 10.4. The Balaban J connectivity index is 2.23. The third-order valence-electron chi connectivity index (χ3n) is 4.37. The molecule has 0 aromatic carbocycles. The number of rotatable bonds is 5. The molecular weight excluding hydrogens is 242 g/mol. The van der Waals surface area contributed by atoms with Gasteiger partial charge in [-0.25, -0.2) is 0 Å². The summed E-state index contributed by atoms with van der Waals surface area (Å²) in [6.07, 6.45) is 12.0. The first kappa shape index (κ1) is 13.8. The number of hydrogen-bond acceptors (Lipinski definition) is 3. The lowest BCUT2D eigenvalue weighted by molar-refractivity contribution is 0.225. The highest BCUT2D eigenvalue weighted by atomic mass is 28.4. The zero-order chi connectivity index (χ0) is 13.2. The van der Waals surface area contributed by atoms with Crippen molar-refractivity contribution in [2.45, 2.75) is 36.8 Å². The third kappa shape index (κ3) is 2.29. The van der Waals surface area contributed by atoms with Gasteiger partial charge in [-0.05, 0) is 18.9 Å². The number of nitrogens with zero attached hydrogens (tertiary/aromatic N) is 1. The van der Waals surface area contributed by atoms with Crippen molar-refractivity contribution in [1.29, 1.82) is 0 Å². The summed E-state index contributed by atoms with van der Waals surface area (Å²) >= 11 is 0. The van der Waals surface area contributed by atoms with Crippen LogP contribution < -0.4 is 0 Å². The fraction of sp³-hybridized carbons (Fsp3) is 0.714. The normalized spacial score (nSPS) is 24.7. The molecule has 0 bridgehead atoms. The third-order valence-corrected chi connectivity index (χ3v) is 8.65. The molecule has 4 heteroatoms. The standard InChI is InChI=1S/C14H25NO2Si/c1-15(2)12-9-10-14(11-12)18(16-3,17-4)13-7-5-6-8-13/h9-11,13-14H,5-8H2,1-4H3. The first-order chi connectivity index (χ1) is 8.64. The summed E-state index contributed by atoms with van der Waals surface area (Å²) in [6.45, 7) is 0. The minimum atomic E-state index is -2.15. The van der Waals surface area contributed by atoms with Gasteiger partial charge >= 0.3 is 8.56 Å². The molecule has 0 amide bonds. The molecule has 0 N–H and O–H groups in total. The van der Waals surface area contributed by atoms with Crippen molar-refractivity contribution in [2.75, 3.05) is 28.3 Å². The van der Waals surface area contributed by atoms with Gasteiger partial charge in [0.25, 0.3) is 0 Å². The minimum Gasteiger partial charge on any atom is -0.397 e. The van der Waals surface area contributed by atoms with E-state index in [4.69, 9.17) is 8.85 Å². The zero-order valence-corrected chi connectivity index (χ0v) is 13.0. The maximum absolute atomic E-state index is 5.99. The molecule has 1 saturated carbocycles. The Morgan fingerprint density at radius 2 is 1.78 bits per heavy atom. The molecule has 102 valence electrons. The summed E-state index contributed by atoms with van der Waals surface area (Å²) in [5.74, 6) is 0. The Hall–Kier alpha value is -0.583. The van der Waals surface area contributed by atoms with E-state index >= 15 is 0 Å². The van der Waals surface area contributed by atoms with Crippen LogP contribution in [-0.4, -0.2) is 41.8 Å². The Morgan fingerprint density at radius 3 is 2.22 bits per heavy atom. The molecule has 0 saturated heterocycles. The van der Waals surface area contributed by atoms with Crippen LogP contribution in [0.4, 0.5) is 0 Å². The monoisotopic (exact) mass is 267 g/mol. The SMILES string of the molecule is CO[Si](OC)(C1C=CC(N(C)C)=C1)C1CCCC1. The molecule has 0 aromatic rings. The highest BCUT2D eigenvalue weighted by Gasteiger charge is 2.51. The van der Waals surface area contributed by atoms with Crippen molar-refractivity contribution in [3.05, 3.63) is 23.9 Å². The van der Waals surface area contributed by atoms with E-state index in [0.717, 1.165) is 0 Å². The van der Waals surface area contributed by atoms with E-state index < -0.39 is 8.56 Å². The Bertz CT molecular complexity index is 342. The fourth-order valence-corrected chi connectivity index (χ4v) is 7.24. The molecule has 1 atom stereocenters. The van der Waals surface area contributed by atoms with Crippen molar-refractivity contribution in [3.63, 3.8) is 0 Å². The summed E-state index contributed by atoms with van der Waals surface area (Å²) in [7, 11) is 5.68. The highest BCUT2D eigenvalue weighted by molar-refractivity contribution is 6.71. The number of allylic oxidation sites excluding steroid dienone is 3. The van der Waals surface area contributed by atoms with E-state index in [2.05, 4.69) is 37.2 Å². The van der Waals surface area contributed by atoms with Crippen LogP contribution in [0.25, 0.3) is 0 Å². The molecule has 3 nitrogen and oxygen atoms in total. The molecular formula is C14H25NO2Si. The molecule has 0 radical (unpaired) electrons. The van der Waals surface area contributed by atoms with E-state index in [9.17, 15) is 0 Å². The van der Waals surface area contributed by atoms with E-state index in [1.165, 1.54) is 31.4 Å². The smallest absolute Gasteiger partial charge is 0.351 e. The van der Waals surface area contributed by atoms with Crippen LogP contribution >= 0.6 is 0 Å². The van der Waals surface area contributed by atoms with Crippen LogP contribution in [0.1, 0.15) is 25.7 Å². The Morgan fingerprint density at radius 1 is 1.17 bits per heavy atom. The Kier molecular flexibility index (Phi) is 4.30. The van der Waals surface area contributed by atoms with E-state index in [0.29, 0.717) is 11.1 Å². The van der Waals surface area contributed by atoms with Gasteiger partial charge in [-0.3, -0.25) is 0 Å². The predicted octanol–water partition coefficient (Wildman–Crippen LogP) is 3.05. The zero-order valence-electron chi connectivity index (χ0n) is 12.0. The van der Waals surface area contributed by atoms with Gasteiger partial charge in [0.15, 0.2) is 0 Å². The second-order valence-electron chi connectivity index (χ2n) is 5.48. The molecule has 1 fully saturated rings. The lowest BCUT2D eigenvalue weighted by Crippen LogP contribution is -2.47. The van der Waals surface area contributed by atoms with Gasteiger partial charge in [-0.15, -0.1) is 0 Å². The molecule has 0 aliphatic heterocycles. The molecule has 0 aromatic heterocycles. The summed E-state index contributed by atoms with van der Waals surface area (Å²) in [4.78, 5) is 2.15.